The third-order valence-electron chi connectivity index (χ3n) is 10.9. The van der Waals surface area contributed by atoms with Gasteiger partial charge in [-0.1, -0.05) is 150 Å². The van der Waals surface area contributed by atoms with Gasteiger partial charge in [0.2, 0.25) is 0 Å². The van der Waals surface area contributed by atoms with Gasteiger partial charge in [0.05, 0.1) is 17.1 Å². The van der Waals surface area contributed by atoms with Crippen LogP contribution in [0.1, 0.15) is 105 Å². The molecule has 5 nitrogen and oxygen atoms in total. The first-order valence-electron chi connectivity index (χ1n) is 20.2. The first-order chi connectivity index (χ1) is 26.8. The fraction of sp³-hybridized carbons (Fsp3) is 0.308. The van der Waals surface area contributed by atoms with Gasteiger partial charge in [0.15, 0.2) is 0 Å². The summed E-state index contributed by atoms with van der Waals surface area (Å²) in [5.74, 6) is 0. The molecule has 0 radical (unpaired) electrons. The summed E-state index contributed by atoms with van der Waals surface area (Å²) < 4.78 is 3.86. The molecule has 7 aromatic rings. The number of benzene rings is 5. The van der Waals surface area contributed by atoms with E-state index in [1.165, 1.54) is 33.4 Å². The predicted molar refractivity (Wildman–Crippen MR) is 241 cm³/mol. The predicted octanol–water partition coefficient (Wildman–Crippen LogP) is 14.1. The van der Waals surface area contributed by atoms with Gasteiger partial charge in [0.25, 0.3) is 0 Å². The van der Waals surface area contributed by atoms with Crippen molar-refractivity contribution in [2.75, 3.05) is 4.90 Å². The van der Waals surface area contributed by atoms with E-state index in [-0.39, 0.29) is 21.7 Å². The van der Waals surface area contributed by atoms with Crippen molar-refractivity contribution in [3.63, 3.8) is 0 Å². The second kappa shape index (κ2) is 14.7. The molecule has 0 aliphatic heterocycles. The molecule has 292 valence electrons. The second-order valence-corrected chi connectivity index (χ2v) is 19.6. The van der Waals surface area contributed by atoms with Gasteiger partial charge in [-0.2, -0.15) is 10.2 Å². The van der Waals surface area contributed by atoms with Crippen LogP contribution in [0.25, 0.3) is 33.6 Å². The Morgan fingerprint density at radius 3 is 1.07 bits per heavy atom. The molecule has 2 heterocycles. The summed E-state index contributed by atoms with van der Waals surface area (Å²) >= 11 is 0. The molecular formula is C52H59N5. The molecule has 0 aliphatic carbocycles. The first kappa shape index (κ1) is 39.6. The highest BCUT2D eigenvalue weighted by Gasteiger charge is 2.28. The largest absolute Gasteiger partial charge is 0.309 e. The van der Waals surface area contributed by atoms with Crippen molar-refractivity contribution >= 4 is 17.1 Å². The van der Waals surface area contributed by atoms with E-state index >= 15 is 0 Å². The van der Waals surface area contributed by atoms with E-state index in [1.807, 2.05) is 46.3 Å². The summed E-state index contributed by atoms with van der Waals surface area (Å²) in [6.07, 6.45) is 7.66. The van der Waals surface area contributed by atoms with E-state index in [9.17, 15) is 0 Å². The Bertz CT molecular complexity index is 2260. The van der Waals surface area contributed by atoms with E-state index in [0.29, 0.717) is 0 Å². The fourth-order valence-electron chi connectivity index (χ4n) is 7.35. The van der Waals surface area contributed by atoms with Gasteiger partial charge in [0.1, 0.15) is 0 Å². The van der Waals surface area contributed by atoms with E-state index < -0.39 is 0 Å². The number of anilines is 3. The standard InChI is InChI=1S/C52H59N5/c1-49(2,3)38-28-36(29-39(32-38)50(4,5)6)46-22-15-23-47(37-30-40(51(7,8)9)33-41(31-37)52(10,11)12)48(46)57(44-20-13-18-42(34-44)55-26-16-24-53-55)45-21-14-19-43(35-45)56-27-17-25-54-56/h13-35H,1-12H3. The molecule has 57 heavy (non-hydrogen) atoms. The summed E-state index contributed by atoms with van der Waals surface area (Å²) in [6.45, 7) is 27.8. The van der Waals surface area contributed by atoms with Crippen molar-refractivity contribution in [2.45, 2.75) is 105 Å². The van der Waals surface area contributed by atoms with Gasteiger partial charge in [-0.05, 0) is 104 Å². The third kappa shape index (κ3) is 8.39. The highest BCUT2D eigenvalue weighted by Crippen LogP contribution is 2.49. The van der Waals surface area contributed by atoms with Crippen LogP contribution < -0.4 is 4.90 Å². The Morgan fingerprint density at radius 2 is 0.754 bits per heavy atom. The monoisotopic (exact) mass is 753 g/mol. The fourth-order valence-corrected chi connectivity index (χ4v) is 7.35. The number of rotatable bonds is 7. The van der Waals surface area contributed by atoms with Crippen LogP contribution >= 0.6 is 0 Å². The maximum Gasteiger partial charge on any atom is 0.0666 e. The van der Waals surface area contributed by atoms with Gasteiger partial charge >= 0.3 is 0 Å². The summed E-state index contributed by atoms with van der Waals surface area (Å²) in [5.41, 5.74) is 14.9. The molecule has 0 saturated carbocycles. The molecule has 0 spiro atoms. The minimum atomic E-state index is -0.0493. The van der Waals surface area contributed by atoms with Crippen molar-refractivity contribution in [3.8, 4) is 33.6 Å². The molecule has 2 aromatic heterocycles. The van der Waals surface area contributed by atoms with Crippen molar-refractivity contribution < 1.29 is 0 Å². The topological polar surface area (TPSA) is 38.9 Å². The Labute approximate surface area is 341 Å². The molecule has 7 rings (SSSR count). The third-order valence-corrected chi connectivity index (χ3v) is 10.9. The molecular weight excluding hydrogens is 695 g/mol. The maximum atomic E-state index is 4.63. The number of aromatic nitrogens is 4. The minimum absolute atomic E-state index is 0.0493. The minimum Gasteiger partial charge on any atom is -0.309 e. The molecule has 0 atom stereocenters. The van der Waals surface area contributed by atoms with Gasteiger partial charge in [-0.3, -0.25) is 0 Å². The van der Waals surface area contributed by atoms with Crippen LogP contribution in [0, 0.1) is 0 Å². The van der Waals surface area contributed by atoms with Gasteiger partial charge in [-0.25, -0.2) is 9.36 Å². The van der Waals surface area contributed by atoms with Crippen LogP contribution in [0.2, 0.25) is 0 Å². The van der Waals surface area contributed by atoms with E-state index in [2.05, 4.69) is 201 Å². The van der Waals surface area contributed by atoms with Crippen molar-refractivity contribution in [2.24, 2.45) is 0 Å². The average molecular weight is 754 g/mol. The lowest BCUT2D eigenvalue weighted by Crippen LogP contribution is -2.18. The van der Waals surface area contributed by atoms with Crippen LogP contribution in [-0.4, -0.2) is 19.6 Å². The molecule has 0 saturated heterocycles. The van der Waals surface area contributed by atoms with Crippen LogP contribution in [0.4, 0.5) is 17.1 Å². The van der Waals surface area contributed by atoms with E-state index in [4.69, 9.17) is 0 Å². The zero-order chi connectivity index (χ0) is 40.9. The lowest BCUT2D eigenvalue weighted by atomic mass is 9.77. The number of para-hydroxylation sites is 1. The Morgan fingerprint density at radius 1 is 0.404 bits per heavy atom. The molecule has 0 bridgehead atoms. The highest BCUT2D eigenvalue weighted by molar-refractivity contribution is 5.98. The van der Waals surface area contributed by atoms with Crippen LogP contribution in [-0.2, 0) is 21.7 Å². The molecule has 0 amide bonds. The second-order valence-electron chi connectivity index (χ2n) is 19.6. The normalized spacial score (nSPS) is 12.6. The van der Waals surface area contributed by atoms with Crippen molar-refractivity contribution in [1.29, 1.82) is 0 Å². The zero-order valence-electron chi connectivity index (χ0n) is 36.0. The van der Waals surface area contributed by atoms with E-state index in [1.54, 1.807) is 0 Å². The quantitative estimate of drug-likeness (QED) is 0.163. The molecule has 0 N–H and O–H groups in total. The maximum absolute atomic E-state index is 4.63. The van der Waals surface area contributed by atoms with Gasteiger partial charge in [0, 0.05) is 47.3 Å². The molecule has 0 aliphatic rings. The van der Waals surface area contributed by atoms with Gasteiger partial charge in [-0.15, -0.1) is 0 Å². The Balaban J connectivity index is 1.63. The summed E-state index contributed by atoms with van der Waals surface area (Å²) in [7, 11) is 0. The lowest BCUT2D eigenvalue weighted by molar-refractivity contribution is 0.568. The molecule has 5 aromatic carbocycles. The number of hydrogen-bond donors (Lipinski definition) is 0. The van der Waals surface area contributed by atoms with Crippen LogP contribution in [0.3, 0.4) is 0 Å². The van der Waals surface area contributed by atoms with Crippen molar-refractivity contribution in [1.82, 2.24) is 19.6 Å². The summed E-state index contributed by atoms with van der Waals surface area (Å²) in [5, 5.41) is 9.26. The van der Waals surface area contributed by atoms with E-state index in [0.717, 1.165) is 39.6 Å². The molecule has 0 fully saturated rings. The number of hydrogen-bond acceptors (Lipinski definition) is 3. The Kier molecular flexibility index (Phi) is 10.2. The van der Waals surface area contributed by atoms with Crippen LogP contribution in [0.15, 0.2) is 140 Å². The zero-order valence-corrected chi connectivity index (χ0v) is 36.0. The summed E-state index contributed by atoms with van der Waals surface area (Å²) in [4.78, 5) is 2.45. The number of nitrogens with zero attached hydrogens (tertiary/aromatic N) is 5. The highest BCUT2D eigenvalue weighted by atomic mass is 15.3. The van der Waals surface area contributed by atoms with Crippen LogP contribution in [0.5, 0.6) is 0 Å². The Hall–Kier alpha value is -5.68. The molecule has 5 heteroatoms. The SMILES string of the molecule is CC(C)(C)c1cc(-c2cccc(-c3cc(C(C)(C)C)cc(C(C)(C)C)c3)c2N(c2cccc(-n3cccn3)c2)c2cccc(-n3cccn3)c2)cc(C(C)(C)C)c1. The lowest BCUT2D eigenvalue weighted by Gasteiger charge is -2.33. The first-order valence-corrected chi connectivity index (χ1v) is 20.2. The smallest absolute Gasteiger partial charge is 0.0666 e. The summed E-state index contributed by atoms with van der Waals surface area (Å²) in [6, 6.07) is 42.7. The van der Waals surface area contributed by atoms with Crippen molar-refractivity contribution in [3.05, 3.63) is 162 Å². The van der Waals surface area contributed by atoms with Gasteiger partial charge < -0.3 is 4.90 Å². The average Bonchev–Trinajstić information content (AvgIpc) is 3.90. The molecule has 0 unspecified atom stereocenters.